The number of benzene rings is 1. The molecule has 0 radical (unpaired) electrons. The summed E-state index contributed by atoms with van der Waals surface area (Å²) < 4.78 is 5.23. The third kappa shape index (κ3) is 6.79. The number of nitrogens with zero attached hydrogens (tertiary/aromatic N) is 1. The largest absolute Gasteiger partial charge is 0.496 e. The molecule has 0 fully saturated rings. The Labute approximate surface area is 157 Å². The highest BCUT2D eigenvalue weighted by Gasteiger charge is 2.28. The van der Waals surface area contributed by atoms with Crippen LogP contribution in [0, 0.1) is 11.8 Å². The van der Waals surface area contributed by atoms with Gasteiger partial charge >= 0.3 is 0 Å². The minimum absolute atomic E-state index is 0.127. The molecule has 0 bridgehead atoms. The fourth-order valence-corrected chi connectivity index (χ4v) is 2.34. The summed E-state index contributed by atoms with van der Waals surface area (Å²) in [5, 5.41) is 1.40. The normalized spacial score (nSPS) is 10.5. The summed E-state index contributed by atoms with van der Waals surface area (Å²) >= 11 is 0. The molecule has 0 aliphatic heterocycles. The molecule has 0 aliphatic rings. The zero-order valence-electron chi connectivity index (χ0n) is 16.5. The number of hydrazine groups is 1. The van der Waals surface area contributed by atoms with E-state index in [1.54, 1.807) is 24.3 Å². The first-order chi connectivity index (χ1) is 12.3. The Morgan fingerprint density at radius 3 is 2.42 bits per heavy atom. The highest BCUT2D eigenvalue weighted by molar-refractivity contribution is 5.98. The maximum atomic E-state index is 12.6. The van der Waals surface area contributed by atoms with E-state index in [4.69, 9.17) is 4.74 Å². The van der Waals surface area contributed by atoms with Crippen LogP contribution in [0.3, 0.4) is 0 Å². The van der Waals surface area contributed by atoms with Crippen LogP contribution in [0.4, 0.5) is 0 Å². The summed E-state index contributed by atoms with van der Waals surface area (Å²) in [5.41, 5.74) is 2.59. The standard InChI is InChI=1S/C21H30N2O3/c1-6-7-8-9-10-11-16-19(24)23(21(2,3)4)22-20(25)17-14-12-13-15-18(17)26-5/h12-15H,6-7,10-11,16H2,1-5H3,(H,22,25). The third-order valence-electron chi connectivity index (χ3n) is 3.68. The molecule has 0 aliphatic carbocycles. The van der Waals surface area contributed by atoms with Crippen LogP contribution in [0.15, 0.2) is 24.3 Å². The van der Waals surface area contributed by atoms with Crippen molar-refractivity contribution in [1.29, 1.82) is 0 Å². The number of nitrogens with one attached hydrogen (secondary N) is 1. The van der Waals surface area contributed by atoms with Gasteiger partial charge in [0.1, 0.15) is 5.75 Å². The number of methoxy groups -OCH3 is 1. The number of ether oxygens (including phenoxy) is 1. The fourth-order valence-electron chi connectivity index (χ4n) is 2.34. The molecule has 26 heavy (non-hydrogen) atoms. The molecule has 1 aromatic carbocycles. The molecular formula is C21H30N2O3. The molecule has 0 aromatic heterocycles. The smallest absolute Gasteiger partial charge is 0.273 e. The summed E-state index contributed by atoms with van der Waals surface area (Å²) in [6.07, 6.45) is 3.62. The van der Waals surface area contributed by atoms with Crippen LogP contribution in [0.5, 0.6) is 5.75 Å². The lowest BCUT2D eigenvalue weighted by atomic mass is 10.1. The summed E-state index contributed by atoms with van der Waals surface area (Å²) in [6.45, 7) is 7.74. The summed E-state index contributed by atoms with van der Waals surface area (Å²) in [4.78, 5) is 25.3. The van der Waals surface area contributed by atoms with E-state index in [1.165, 1.54) is 12.1 Å². The number of hydrogen-bond donors (Lipinski definition) is 1. The van der Waals surface area contributed by atoms with Gasteiger partial charge in [-0.25, -0.2) is 5.01 Å². The van der Waals surface area contributed by atoms with E-state index in [1.807, 2.05) is 20.8 Å². The number of unbranched alkanes of at least 4 members (excludes halogenated alkanes) is 2. The molecule has 142 valence electrons. The number of rotatable bonds is 6. The molecule has 5 nitrogen and oxygen atoms in total. The van der Waals surface area contributed by atoms with Crippen molar-refractivity contribution in [2.24, 2.45) is 0 Å². The van der Waals surface area contributed by atoms with Crippen LogP contribution < -0.4 is 10.2 Å². The van der Waals surface area contributed by atoms with Crippen molar-refractivity contribution in [3.8, 4) is 17.6 Å². The average Bonchev–Trinajstić information content (AvgIpc) is 2.61. The van der Waals surface area contributed by atoms with Crippen LogP contribution in [-0.2, 0) is 4.79 Å². The van der Waals surface area contributed by atoms with Gasteiger partial charge in [0.05, 0.1) is 18.2 Å². The first-order valence-corrected chi connectivity index (χ1v) is 9.04. The number of amides is 2. The first-order valence-electron chi connectivity index (χ1n) is 9.04. The molecule has 1 N–H and O–H groups in total. The highest BCUT2D eigenvalue weighted by Crippen LogP contribution is 2.19. The maximum absolute atomic E-state index is 12.6. The summed E-state index contributed by atoms with van der Waals surface area (Å²) in [6, 6.07) is 6.94. The Hall–Kier alpha value is -2.48. The molecular weight excluding hydrogens is 328 g/mol. The van der Waals surface area contributed by atoms with Crippen molar-refractivity contribution in [3.05, 3.63) is 29.8 Å². The molecule has 2 amide bonds. The van der Waals surface area contributed by atoms with E-state index in [0.717, 1.165) is 12.8 Å². The van der Waals surface area contributed by atoms with Gasteiger partial charge in [-0.15, -0.1) is 11.8 Å². The molecule has 0 atom stereocenters. The van der Waals surface area contributed by atoms with Gasteiger partial charge in [0.2, 0.25) is 5.91 Å². The lowest BCUT2D eigenvalue weighted by molar-refractivity contribution is -0.139. The molecule has 0 saturated carbocycles. The molecule has 1 aromatic rings. The summed E-state index contributed by atoms with van der Waals surface area (Å²) in [7, 11) is 1.51. The van der Waals surface area contributed by atoms with Crippen molar-refractivity contribution >= 4 is 11.8 Å². The Kier molecular flexibility index (Phi) is 8.71. The molecule has 0 saturated heterocycles. The third-order valence-corrected chi connectivity index (χ3v) is 3.68. The topological polar surface area (TPSA) is 58.6 Å². The fraction of sp³-hybridized carbons (Fsp3) is 0.524. The van der Waals surface area contributed by atoms with E-state index < -0.39 is 5.54 Å². The van der Waals surface area contributed by atoms with Gasteiger partial charge in [-0.3, -0.25) is 15.0 Å². The van der Waals surface area contributed by atoms with Gasteiger partial charge in [-0.05, 0) is 45.7 Å². The van der Waals surface area contributed by atoms with E-state index >= 15 is 0 Å². The van der Waals surface area contributed by atoms with Gasteiger partial charge in [0.15, 0.2) is 0 Å². The number of para-hydroxylation sites is 1. The average molecular weight is 358 g/mol. The van der Waals surface area contributed by atoms with E-state index in [0.29, 0.717) is 30.6 Å². The van der Waals surface area contributed by atoms with E-state index in [2.05, 4.69) is 24.2 Å². The Morgan fingerprint density at radius 2 is 1.81 bits per heavy atom. The maximum Gasteiger partial charge on any atom is 0.273 e. The van der Waals surface area contributed by atoms with Crippen molar-refractivity contribution in [2.75, 3.05) is 7.11 Å². The molecule has 0 heterocycles. The Morgan fingerprint density at radius 1 is 1.15 bits per heavy atom. The first kappa shape index (κ1) is 21.6. The second-order valence-electron chi connectivity index (χ2n) is 7.00. The van der Waals surface area contributed by atoms with Crippen molar-refractivity contribution < 1.29 is 14.3 Å². The van der Waals surface area contributed by atoms with Crippen LogP contribution in [0.1, 0.15) is 70.2 Å². The molecule has 5 heteroatoms. The van der Waals surface area contributed by atoms with Crippen molar-refractivity contribution in [2.45, 2.75) is 65.3 Å². The minimum atomic E-state index is -0.539. The van der Waals surface area contributed by atoms with Crippen molar-refractivity contribution in [3.63, 3.8) is 0 Å². The van der Waals surface area contributed by atoms with Gasteiger partial charge in [0.25, 0.3) is 5.91 Å². The lowest BCUT2D eigenvalue weighted by Gasteiger charge is -2.35. The highest BCUT2D eigenvalue weighted by atomic mass is 16.5. The second-order valence-corrected chi connectivity index (χ2v) is 7.00. The van der Waals surface area contributed by atoms with Gasteiger partial charge in [0, 0.05) is 19.3 Å². The predicted molar refractivity (Wildman–Crippen MR) is 104 cm³/mol. The van der Waals surface area contributed by atoms with Gasteiger partial charge < -0.3 is 4.74 Å². The van der Waals surface area contributed by atoms with Gasteiger partial charge in [-0.2, -0.15) is 0 Å². The molecule has 1 rings (SSSR count). The zero-order valence-corrected chi connectivity index (χ0v) is 16.5. The number of carbonyl (C=O) groups excluding carboxylic acids is 2. The van der Waals surface area contributed by atoms with Crippen molar-refractivity contribution in [1.82, 2.24) is 10.4 Å². The van der Waals surface area contributed by atoms with Crippen LogP contribution in [-0.4, -0.2) is 29.5 Å². The monoisotopic (exact) mass is 358 g/mol. The SMILES string of the molecule is CCCC#CCCCC(=O)N(NC(=O)c1ccccc1OC)C(C)(C)C. The zero-order chi connectivity index (χ0) is 19.6. The second kappa shape index (κ2) is 10.5. The van der Waals surface area contributed by atoms with Gasteiger partial charge in [-0.1, -0.05) is 19.1 Å². The molecule has 0 spiro atoms. The minimum Gasteiger partial charge on any atom is -0.496 e. The molecule has 0 unspecified atom stereocenters. The number of hydrogen-bond acceptors (Lipinski definition) is 3. The van der Waals surface area contributed by atoms with Crippen LogP contribution in [0.2, 0.25) is 0 Å². The van der Waals surface area contributed by atoms with E-state index in [-0.39, 0.29) is 11.8 Å². The quantitative estimate of drug-likeness (QED) is 0.476. The Balaban J connectivity index is 2.77. The van der Waals surface area contributed by atoms with E-state index in [9.17, 15) is 9.59 Å². The number of carbonyl (C=O) groups is 2. The Bertz CT molecular complexity index is 666. The van der Waals surface area contributed by atoms with Crippen LogP contribution >= 0.6 is 0 Å². The predicted octanol–water partition coefficient (Wildman–Crippen LogP) is 3.94. The van der Waals surface area contributed by atoms with Crippen LogP contribution in [0.25, 0.3) is 0 Å². The summed E-state index contributed by atoms with van der Waals surface area (Å²) in [5.74, 6) is 6.13. The lowest BCUT2D eigenvalue weighted by Crippen LogP contribution is -2.55.